The number of hydrogen-bond acceptors (Lipinski definition) is 2. The van der Waals surface area contributed by atoms with Gasteiger partial charge in [0, 0.05) is 12.1 Å². The number of nitrogens with zero attached hydrogens (tertiary/aromatic N) is 1. The standard InChI is InChI=1S/C17H27NOSi/c1-6-18(7-2)13-14-19-17-10-8-16(9-11-17)12-15-20(3,4)5/h8-11H,6-7,13-14H2,1-5H3. The molecule has 0 radical (unpaired) electrons. The van der Waals surface area contributed by atoms with Crippen LogP contribution in [-0.2, 0) is 0 Å². The van der Waals surface area contributed by atoms with E-state index in [0.717, 1.165) is 37.6 Å². The van der Waals surface area contributed by atoms with Gasteiger partial charge in [-0.1, -0.05) is 39.4 Å². The SMILES string of the molecule is CCN(CC)CCOc1ccc(C#C[Si](C)(C)C)cc1. The molecule has 0 aromatic heterocycles. The molecule has 0 unspecified atom stereocenters. The van der Waals surface area contributed by atoms with E-state index >= 15 is 0 Å². The van der Waals surface area contributed by atoms with Crippen LogP contribution in [0.1, 0.15) is 19.4 Å². The quantitative estimate of drug-likeness (QED) is 0.585. The summed E-state index contributed by atoms with van der Waals surface area (Å²) in [6.07, 6.45) is 0. The van der Waals surface area contributed by atoms with Crippen LogP contribution in [0.4, 0.5) is 0 Å². The van der Waals surface area contributed by atoms with E-state index in [2.05, 4.69) is 49.9 Å². The third-order valence-corrected chi connectivity index (χ3v) is 3.88. The first-order valence-electron chi connectivity index (χ1n) is 7.43. The molecule has 0 atom stereocenters. The molecule has 0 fully saturated rings. The van der Waals surface area contributed by atoms with Gasteiger partial charge in [-0.15, -0.1) is 5.54 Å². The zero-order valence-corrected chi connectivity index (χ0v) is 14.5. The minimum Gasteiger partial charge on any atom is -0.492 e. The predicted molar refractivity (Wildman–Crippen MR) is 89.9 cm³/mol. The van der Waals surface area contributed by atoms with Gasteiger partial charge in [0.05, 0.1) is 0 Å². The average Bonchev–Trinajstić information content (AvgIpc) is 2.42. The Labute approximate surface area is 125 Å². The largest absolute Gasteiger partial charge is 0.492 e. The Hall–Kier alpha value is -1.24. The van der Waals surface area contributed by atoms with Gasteiger partial charge in [-0.3, -0.25) is 0 Å². The van der Waals surface area contributed by atoms with Gasteiger partial charge in [0.1, 0.15) is 20.4 Å². The average molecular weight is 289 g/mol. The van der Waals surface area contributed by atoms with E-state index in [1.807, 2.05) is 24.3 Å². The van der Waals surface area contributed by atoms with Gasteiger partial charge in [-0.2, -0.15) is 0 Å². The lowest BCUT2D eigenvalue weighted by Gasteiger charge is -2.17. The summed E-state index contributed by atoms with van der Waals surface area (Å²) in [6, 6.07) is 8.10. The molecule has 110 valence electrons. The molecular formula is C17H27NOSi. The summed E-state index contributed by atoms with van der Waals surface area (Å²) in [7, 11) is -1.29. The van der Waals surface area contributed by atoms with E-state index in [1.54, 1.807) is 0 Å². The molecule has 20 heavy (non-hydrogen) atoms. The number of rotatable bonds is 6. The molecule has 1 aromatic rings. The Kier molecular flexibility index (Phi) is 6.84. The van der Waals surface area contributed by atoms with Crippen LogP contribution in [0.5, 0.6) is 5.75 Å². The summed E-state index contributed by atoms with van der Waals surface area (Å²) in [5.74, 6) is 4.18. The zero-order valence-electron chi connectivity index (χ0n) is 13.5. The normalized spacial score (nSPS) is 11.1. The highest BCUT2D eigenvalue weighted by molar-refractivity contribution is 6.83. The summed E-state index contributed by atoms with van der Waals surface area (Å²) < 4.78 is 5.76. The van der Waals surface area contributed by atoms with Gasteiger partial charge in [-0.05, 0) is 37.4 Å². The lowest BCUT2D eigenvalue weighted by molar-refractivity contribution is 0.223. The van der Waals surface area contributed by atoms with Gasteiger partial charge in [0.25, 0.3) is 0 Å². The minimum absolute atomic E-state index is 0.738. The molecule has 1 rings (SSSR count). The van der Waals surface area contributed by atoms with Crippen molar-refractivity contribution in [2.24, 2.45) is 0 Å². The van der Waals surface area contributed by atoms with Crippen molar-refractivity contribution in [3.05, 3.63) is 29.8 Å². The molecule has 0 bridgehead atoms. The fourth-order valence-corrected chi connectivity index (χ4v) is 2.25. The second-order valence-electron chi connectivity index (χ2n) is 5.90. The van der Waals surface area contributed by atoms with Crippen LogP contribution >= 0.6 is 0 Å². The van der Waals surface area contributed by atoms with Crippen molar-refractivity contribution in [2.75, 3.05) is 26.2 Å². The molecule has 1 aromatic carbocycles. The van der Waals surface area contributed by atoms with E-state index in [9.17, 15) is 0 Å². The lowest BCUT2D eigenvalue weighted by atomic mass is 10.2. The van der Waals surface area contributed by atoms with E-state index < -0.39 is 8.07 Å². The topological polar surface area (TPSA) is 12.5 Å². The molecule has 0 spiro atoms. The maximum absolute atomic E-state index is 5.76. The first-order valence-corrected chi connectivity index (χ1v) is 10.9. The van der Waals surface area contributed by atoms with Gasteiger partial charge in [0.2, 0.25) is 0 Å². The van der Waals surface area contributed by atoms with Crippen LogP contribution in [0.3, 0.4) is 0 Å². The Bertz CT molecular complexity index is 447. The van der Waals surface area contributed by atoms with Gasteiger partial charge >= 0.3 is 0 Å². The summed E-state index contributed by atoms with van der Waals surface area (Å²) in [5.41, 5.74) is 4.45. The Morgan fingerprint density at radius 1 is 1.05 bits per heavy atom. The second kappa shape index (κ2) is 8.14. The smallest absolute Gasteiger partial charge is 0.129 e. The second-order valence-corrected chi connectivity index (χ2v) is 10.6. The van der Waals surface area contributed by atoms with Crippen molar-refractivity contribution in [2.45, 2.75) is 33.5 Å². The van der Waals surface area contributed by atoms with Crippen LogP contribution in [0.15, 0.2) is 24.3 Å². The molecule has 0 N–H and O–H groups in total. The van der Waals surface area contributed by atoms with Crippen LogP contribution in [0.25, 0.3) is 0 Å². The monoisotopic (exact) mass is 289 g/mol. The van der Waals surface area contributed by atoms with Gasteiger partial charge in [0.15, 0.2) is 0 Å². The molecular weight excluding hydrogens is 262 g/mol. The fourth-order valence-electron chi connectivity index (χ4n) is 1.73. The Morgan fingerprint density at radius 3 is 2.15 bits per heavy atom. The highest BCUT2D eigenvalue weighted by atomic mass is 28.3. The number of ether oxygens (including phenoxy) is 1. The highest BCUT2D eigenvalue weighted by Gasteiger charge is 2.07. The number of likely N-dealkylation sites (N-methyl/N-ethyl adjacent to an activating group) is 1. The Balaban J connectivity index is 2.48. The molecule has 0 aliphatic heterocycles. The molecule has 0 heterocycles. The molecule has 0 saturated heterocycles. The summed E-state index contributed by atoms with van der Waals surface area (Å²) in [6.45, 7) is 15.0. The number of benzene rings is 1. The van der Waals surface area contributed by atoms with Gasteiger partial charge in [-0.25, -0.2) is 0 Å². The van der Waals surface area contributed by atoms with Crippen LogP contribution in [-0.4, -0.2) is 39.2 Å². The van der Waals surface area contributed by atoms with Gasteiger partial charge < -0.3 is 9.64 Å². The van der Waals surface area contributed by atoms with Crippen molar-refractivity contribution >= 4 is 8.07 Å². The minimum atomic E-state index is -1.29. The summed E-state index contributed by atoms with van der Waals surface area (Å²) in [4.78, 5) is 2.35. The zero-order chi connectivity index (χ0) is 15.0. The summed E-state index contributed by atoms with van der Waals surface area (Å²) in [5, 5.41) is 0. The maximum Gasteiger partial charge on any atom is 0.129 e. The molecule has 0 saturated carbocycles. The first-order chi connectivity index (χ1) is 9.44. The third-order valence-electron chi connectivity index (χ3n) is 3.01. The molecule has 2 nitrogen and oxygen atoms in total. The predicted octanol–water partition coefficient (Wildman–Crippen LogP) is 3.64. The van der Waals surface area contributed by atoms with Crippen molar-refractivity contribution in [3.8, 4) is 17.2 Å². The lowest BCUT2D eigenvalue weighted by Crippen LogP contribution is -2.27. The van der Waals surface area contributed by atoms with E-state index in [-0.39, 0.29) is 0 Å². The van der Waals surface area contributed by atoms with Crippen molar-refractivity contribution in [1.82, 2.24) is 4.90 Å². The van der Waals surface area contributed by atoms with Crippen LogP contribution in [0, 0.1) is 11.5 Å². The van der Waals surface area contributed by atoms with Crippen LogP contribution in [0.2, 0.25) is 19.6 Å². The molecule has 0 amide bonds. The maximum atomic E-state index is 5.76. The number of hydrogen-bond donors (Lipinski definition) is 0. The molecule has 0 aliphatic rings. The first kappa shape index (κ1) is 16.8. The van der Waals surface area contributed by atoms with E-state index in [0.29, 0.717) is 0 Å². The van der Waals surface area contributed by atoms with E-state index in [4.69, 9.17) is 4.74 Å². The fraction of sp³-hybridized carbons (Fsp3) is 0.529. The van der Waals surface area contributed by atoms with Crippen molar-refractivity contribution in [1.29, 1.82) is 0 Å². The van der Waals surface area contributed by atoms with Crippen molar-refractivity contribution < 1.29 is 4.74 Å². The van der Waals surface area contributed by atoms with Crippen LogP contribution < -0.4 is 4.74 Å². The Morgan fingerprint density at radius 2 is 1.65 bits per heavy atom. The van der Waals surface area contributed by atoms with E-state index in [1.165, 1.54) is 0 Å². The summed E-state index contributed by atoms with van der Waals surface area (Å²) >= 11 is 0. The third kappa shape index (κ3) is 6.79. The molecule has 3 heteroatoms. The highest BCUT2D eigenvalue weighted by Crippen LogP contribution is 2.12. The van der Waals surface area contributed by atoms with Crippen molar-refractivity contribution in [3.63, 3.8) is 0 Å². The molecule has 0 aliphatic carbocycles.